The lowest BCUT2D eigenvalue weighted by Crippen LogP contribution is -2.38. The number of piperidine rings is 1. The molecule has 3 fully saturated rings. The molecule has 3 amide bonds. The van der Waals surface area contributed by atoms with Crippen LogP contribution in [0.2, 0.25) is 0 Å². The molecule has 0 bridgehead atoms. The Morgan fingerprint density at radius 1 is 1.30 bits per heavy atom. The zero-order chi connectivity index (χ0) is 16.2. The number of carbonyl (C=O) groups excluding carboxylic acids is 2. The van der Waals surface area contributed by atoms with E-state index in [2.05, 4.69) is 16.7 Å². The number of nitrogens with one attached hydrogen (secondary N) is 2. The summed E-state index contributed by atoms with van der Waals surface area (Å²) in [4.78, 5) is 25.4. The molecule has 3 rings (SSSR count). The van der Waals surface area contributed by atoms with Crippen LogP contribution in [-0.4, -0.2) is 53.0 Å². The van der Waals surface area contributed by atoms with Gasteiger partial charge in [-0.05, 0) is 25.7 Å². The molecule has 0 aromatic rings. The number of nitrogens with zero attached hydrogens (tertiary/aromatic N) is 2. The predicted octanol–water partition coefficient (Wildman–Crippen LogP) is 1.47. The van der Waals surface area contributed by atoms with Crippen LogP contribution in [0.5, 0.6) is 0 Å². The highest BCUT2D eigenvalue weighted by Gasteiger charge is 2.42. The van der Waals surface area contributed by atoms with E-state index >= 15 is 0 Å². The second-order valence-corrected chi connectivity index (χ2v) is 7.92. The van der Waals surface area contributed by atoms with Gasteiger partial charge in [-0.2, -0.15) is 17.0 Å². The van der Waals surface area contributed by atoms with Crippen LogP contribution in [0, 0.1) is 17.2 Å². The number of nitriles is 1. The van der Waals surface area contributed by atoms with Gasteiger partial charge in [0.25, 0.3) is 0 Å². The Labute approximate surface area is 141 Å². The average Bonchev–Trinajstić information content (AvgIpc) is 3.11. The monoisotopic (exact) mass is 336 g/mol. The minimum atomic E-state index is -0.0405. The van der Waals surface area contributed by atoms with Crippen LogP contribution in [0.15, 0.2) is 0 Å². The molecule has 3 aliphatic rings. The van der Waals surface area contributed by atoms with Crippen LogP contribution in [0.25, 0.3) is 0 Å². The minimum absolute atomic E-state index is 0.0405. The van der Waals surface area contributed by atoms with E-state index in [4.69, 9.17) is 5.26 Å². The Hall–Kier alpha value is -1.42. The highest BCUT2D eigenvalue weighted by molar-refractivity contribution is 8.00. The normalized spacial score (nSPS) is 30.5. The van der Waals surface area contributed by atoms with E-state index in [0.717, 1.165) is 50.9 Å². The maximum absolute atomic E-state index is 12.2. The van der Waals surface area contributed by atoms with Gasteiger partial charge in [-0.15, -0.1) is 0 Å². The van der Waals surface area contributed by atoms with E-state index in [1.165, 1.54) is 0 Å². The Bertz CT molecular complexity index is 499. The number of likely N-dealkylation sites (tertiary alicyclic amines) is 1. The maximum atomic E-state index is 12.2. The topological polar surface area (TPSA) is 85.2 Å². The molecule has 3 heterocycles. The Balaban J connectivity index is 1.32. The fourth-order valence-electron chi connectivity index (χ4n) is 3.68. The first-order valence-electron chi connectivity index (χ1n) is 8.53. The van der Waals surface area contributed by atoms with Gasteiger partial charge >= 0.3 is 6.03 Å². The summed E-state index contributed by atoms with van der Waals surface area (Å²) in [7, 11) is 0. The second kappa shape index (κ2) is 7.43. The molecule has 0 aromatic heterocycles. The second-order valence-electron chi connectivity index (χ2n) is 6.65. The number of unbranched alkanes of at least 4 members (excludes halogenated alkanes) is 1. The number of hydrogen-bond donors (Lipinski definition) is 2. The smallest absolute Gasteiger partial charge is 0.315 e. The number of carbonyl (C=O) groups is 2. The van der Waals surface area contributed by atoms with Crippen molar-refractivity contribution in [3.05, 3.63) is 0 Å². The van der Waals surface area contributed by atoms with Gasteiger partial charge in [-0.25, -0.2) is 4.79 Å². The summed E-state index contributed by atoms with van der Waals surface area (Å²) in [5.74, 6) is 1.34. The summed E-state index contributed by atoms with van der Waals surface area (Å²) in [6.07, 6.45) is 5.22. The molecule has 7 heteroatoms. The third kappa shape index (κ3) is 3.92. The summed E-state index contributed by atoms with van der Waals surface area (Å²) < 4.78 is 0. The summed E-state index contributed by atoms with van der Waals surface area (Å²) in [5, 5.41) is 15.3. The van der Waals surface area contributed by atoms with Crippen molar-refractivity contribution in [1.82, 2.24) is 15.5 Å². The lowest BCUT2D eigenvalue weighted by molar-refractivity contribution is -0.132. The molecule has 6 nitrogen and oxygen atoms in total. The van der Waals surface area contributed by atoms with E-state index in [1.54, 1.807) is 0 Å². The lowest BCUT2D eigenvalue weighted by atomic mass is 9.98. The first-order chi connectivity index (χ1) is 11.2. The lowest BCUT2D eigenvalue weighted by Gasteiger charge is -2.29. The van der Waals surface area contributed by atoms with E-state index < -0.39 is 0 Å². The highest BCUT2D eigenvalue weighted by atomic mass is 32.2. The standard InChI is InChI=1S/C16H24N4O2S/c17-9-11-5-7-20(8-6-11)14(21)4-2-1-3-13-15-12(10-23-13)18-16(22)19-15/h11-13,15H,1-8,10H2,(H2,18,19,22)/t12-,13-,15-/m0/s1. The molecule has 0 saturated carbocycles. The third-order valence-corrected chi connectivity index (χ3v) is 6.61. The molecular formula is C16H24N4O2S. The summed E-state index contributed by atoms with van der Waals surface area (Å²) in [6.45, 7) is 1.47. The molecule has 3 aliphatic heterocycles. The molecule has 0 radical (unpaired) electrons. The number of fused-ring (bicyclic) bond motifs is 1. The van der Waals surface area contributed by atoms with Crippen LogP contribution in [-0.2, 0) is 4.79 Å². The molecule has 23 heavy (non-hydrogen) atoms. The van der Waals surface area contributed by atoms with Crippen LogP contribution in [0.3, 0.4) is 0 Å². The van der Waals surface area contributed by atoms with E-state index in [9.17, 15) is 9.59 Å². The van der Waals surface area contributed by atoms with E-state index in [0.29, 0.717) is 11.7 Å². The first-order valence-corrected chi connectivity index (χ1v) is 9.58. The molecule has 0 spiro atoms. The SMILES string of the molecule is N#CC1CCN(C(=O)CCCC[C@@H]2SC[C@@H]3NC(=O)N[C@@H]32)CC1. The van der Waals surface area contributed by atoms with Gasteiger partial charge < -0.3 is 15.5 Å². The number of urea groups is 1. The van der Waals surface area contributed by atoms with Gasteiger partial charge in [-0.3, -0.25) is 4.79 Å². The molecule has 2 N–H and O–H groups in total. The molecule has 0 aliphatic carbocycles. The Morgan fingerprint density at radius 2 is 2.09 bits per heavy atom. The average molecular weight is 336 g/mol. The molecule has 0 aromatic carbocycles. The van der Waals surface area contributed by atoms with Crippen LogP contribution in [0.4, 0.5) is 4.79 Å². The van der Waals surface area contributed by atoms with Crippen molar-refractivity contribution in [2.24, 2.45) is 5.92 Å². The maximum Gasteiger partial charge on any atom is 0.315 e. The number of thioether (sulfide) groups is 1. The van der Waals surface area contributed by atoms with Gasteiger partial charge in [-0.1, -0.05) is 6.42 Å². The Kier molecular flexibility index (Phi) is 5.31. The number of hydrogen-bond acceptors (Lipinski definition) is 4. The molecule has 3 atom stereocenters. The first kappa shape index (κ1) is 16.4. The number of rotatable bonds is 5. The zero-order valence-corrected chi connectivity index (χ0v) is 14.1. The van der Waals surface area contributed by atoms with Gasteiger partial charge in [0.1, 0.15) is 0 Å². The highest BCUT2D eigenvalue weighted by Crippen LogP contribution is 2.33. The Morgan fingerprint density at radius 3 is 2.83 bits per heavy atom. The van der Waals surface area contributed by atoms with E-state index in [-0.39, 0.29) is 29.9 Å². The van der Waals surface area contributed by atoms with Gasteiger partial charge in [0.15, 0.2) is 0 Å². The van der Waals surface area contributed by atoms with Crippen LogP contribution >= 0.6 is 11.8 Å². The number of amides is 3. The largest absolute Gasteiger partial charge is 0.343 e. The minimum Gasteiger partial charge on any atom is -0.343 e. The predicted molar refractivity (Wildman–Crippen MR) is 88.9 cm³/mol. The fourth-order valence-corrected chi connectivity index (χ4v) is 5.22. The van der Waals surface area contributed by atoms with Crippen molar-refractivity contribution < 1.29 is 9.59 Å². The van der Waals surface area contributed by atoms with Crippen molar-refractivity contribution in [2.75, 3.05) is 18.8 Å². The summed E-state index contributed by atoms with van der Waals surface area (Å²) in [6, 6.07) is 2.79. The fraction of sp³-hybridized carbons (Fsp3) is 0.812. The van der Waals surface area contributed by atoms with Gasteiger partial charge in [0, 0.05) is 36.4 Å². The van der Waals surface area contributed by atoms with Crippen molar-refractivity contribution in [3.63, 3.8) is 0 Å². The molecule has 3 saturated heterocycles. The third-order valence-electron chi connectivity index (χ3n) is 5.10. The molecular weight excluding hydrogens is 312 g/mol. The van der Waals surface area contributed by atoms with Crippen molar-refractivity contribution >= 4 is 23.7 Å². The molecule has 126 valence electrons. The van der Waals surface area contributed by atoms with Crippen molar-refractivity contribution in [3.8, 4) is 6.07 Å². The molecule has 0 unspecified atom stereocenters. The summed E-state index contributed by atoms with van der Waals surface area (Å²) >= 11 is 1.92. The van der Waals surface area contributed by atoms with Crippen molar-refractivity contribution in [1.29, 1.82) is 5.26 Å². The van der Waals surface area contributed by atoms with Gasteiger partial charge in [0.2, 0.25) is 5.91 Å². The van der Waals surface area contributed by atoms with Gasteiger partial charge in [0.05, 0.1) is 18.2 Å². The van der Waals surface area contributed by atoms with Crippen LogP contribution < -0.4 is 10.6 Å². The zero-order valence-electron chi connectivity index (χ0n) is 13.3. The van der Waals surface area contributed by atoms with Crippen LogP contribution in [0.1, 0.15) is 38.5 Å². The van der Waals surface area contributed by atoms with E-state index in [1.807, 2.05) is 16.7 Å². The van der Waals surface area contributed by atoms with Crippen molar-refractivity contribution in [2.45, 2.75) is 55.9 Å². The quantitative estimate of drug-likeness (QED) is 0.588. The summed E-state index contributed by atoms with van der Waals surface area (Å²) in [5.41, 5.74) is 0.